The van der Waals surface area contributed by atoms with Gasteiger partial charge in [0, 0.05) is 18.9 Å². The predicted octanol–water partition coefficient (Wildman–Crippen LogP) is 1.97. The Bertz CT molecular complexity index is 468. The molecule has 0 unspecified atom stereocenters. The molecule has 1 N–H and O–H groups in total. The van der Waals surface area contributed by atoms with E-state index in [2.05, 4.69) is 41.3 Å². The number of hydrogen-bond acceptors (Lipinski definition) is 4. The first-order chi connectivity index (χ1) is 7.56. The van der Waals surface area contributed by atoms with Crippen LogP contribution in [-0.4, -0.2) is 26.1 Å². The highest BCUT2D eigenvalue weighted by molar-refractivity contribution is 5.61. The van der Waals surface area contributed by atoms with Gasteiger partial charge in [-0.25, -0.2) is 4.98 Å². The molecule has 0 aromatic carbocycles. The maximum Gasteiger partial charge on any atom is 0.203 e. The standard InChI is InChI=1S/C11H17N5/c1-11(2,3)4-5-12-9-10-15-14-8-16(10)7-6-13-9/h6-8H,4-5H2,1-3H3,(H,12,13). The normalized spacial score (nSPS) is 11.9. The molecule has 2 aromatic rings. The van der Waals surface area contributed by atoms with Gasteiger partial charge in [0.2, 0.25) is 5.65 Å². The lowest BCUT2D eigenvalue weighted by atomic mass is 9.92. The zero-order chi connectivity index (χ0) is 11.6. The summed E-state index contributed by atoms with van der Waals surface area (Å²) < 4.78 is 1.85. The lowest BCUT2D eigenvalue weighted by Gasteiger charge is -2.18. The first-order valence-electron chi connectivity index (χ1n) is 5.44. The maximum absolute atomic E-state index is 4.26. The Kier molecular flexibility index (Phi) is 2.77. The summed E-state index contributed by atoms with van der Waals surface area (Å²) in [6.07, 6.45) is 6.34. The molecular formula is C11H17N5. The second-order valence-corrected chi connectivity index (χ2v) is 5.08. The van der Waals surface area contributed by atoms with E-state index in [1.54, 1.807) is 12.5 Å². The van der Waals surface area contributed by atoms with Crippen LogP contribution in [0.3, 0.4) is 0 Å². The molecule has 5 heteroatoms. The molecule has 2 heterocycles. The number of nitrogens with zero attached hydrogens (tertiary/aromatic N) is 4. The Balaban J connectivity index is 2.07. The maximum atomic E-state index is 4.26. The molecule has 0 amide bonds. The van der Waals surface area contributed by atoms with Gasteiger partial charge in [0.05, 0.1) is 0 Å². The van der Waals surface area contributed by atoms with E-state index in [0.717, 1.165) is 24.4 Å². The van der Waals surface area contributed by atoms with Gasteiger partial charge in [-0.1, -0.05) is 20.8 Å². The number of hydrogen-bond donors (Lipinski definition) is 1. The summed E-state index contributed by atoms with van der Waals surface area (Å²) in [7, 11) is 0. The van der Waals surface area contributed by atoms with Crippen LogP contribution in [0.1, 0.15) is 27.2 Å². The number of anilines is 1. The highest BCUT2D eigenvalue weighted by Gasteiger charge is 2.10. The van der Waals surface area contributed by atoms with Crippen molar-refractivity contribution in [2.24, 2.45) is 5.41 Å². The molecule has 0 saturated carbocycles. The van der Waals surface area contributed by atoms with Crippen molar-refractivity contribution in [3.8, 4) is 0 Å². The van der Waals surface area contributed by atoms with Gasteiger partial charge in [-0.15, -0.1) is 10.2 Å². The molecule has 0 radical (unpaired) electrons. The van der Waals surface area contributed by atoms with Crippen LogP contribution in [-0.2, 0) is 0 Å². The zero-order valence-electron chi connectivity index (χ0n) is 9.94. The van der Waals surface area contributed by atoms with Crippen LogP contribution in [0.15, 0.2) is 18.7 Å². The molecule has 0 aliphatic carbocycles. The largest absolute Gasteiger partial charge is 0.367 e. The Labute approximate surface area is 94.9 Å². The van der Waals surface area contributed by atoms with Crippen molar-refractivity contribution in [1.29, 1.82) is 0 Å². The van der Waals surface area contributed by atoms with Crippen LogP contribution < -0.4 is 5.32 Å². The number of rotatable bonds is 3. The van der Waals surface area contributed by atoms with Gasteiger partial charge in [-0.2, -0.15) is 0 Å². The monoisotopic (exact) mass is 219 g/mol. The molecule has 2 aromatic heterocycles. The van der Waals surface area contributed by atoms with E-state index in [-0.39, 0.29) is 0 Å². The third kappa shape index (κ3) is 2.48. The molecule has 0 fully saturated rings. The Morgan fingerprint density at radius 2 is 2.19 bits per heavy atom. The fourth-order valence-electron chi connectivity index (χ4n) is 1.44. The van der Waals surface area contributed by atoms with Crippen molar-refractivity contribution in [2.75, 3.05) is 11.9 Å². The first-order valence-corrected chi connectivity index (χ1v) is 5.44. The van der Waals surface area contributed by atoms with E-state index in [4.69, 9.17) is 0 Å². The molecule has 2 rings (SSSR count). The van der Waals surface area contributed by atoms with Crippen molar-refractivity contribution in [3.63, 3.8) is 0 Å². The van der Waals surface area contributed by atoms with E-state index in [9.17, 15) is 0 Å². The molecule has 86 valence electrons. The van der Waals surface area contributed by atoms with Gasteiger partial charge in [0.1, 0.15) is 6.33 Å². The van der Waals surface area contributed by atoms with Crippen molar-refractivity contribution >= 4 is 11.5 Å². The zero-order valence-corrected chi connectivity index (χ0v) is 9.94. The van der Waals surface area contributed by atoms with Gasteiger partial charge in [-0.05, 0) is 11.8 Å². The highest BCUT2D eigenvalue weighted by Crippen LogP contribution is 2.18. The highest BCUT2D eigenvalue weighted by atomic mass is 15.2. The molecule has 0 atom stereocenters. The number of fused-ring (bicyclic) bond motifs is 1. The predicted molar refractivity (Wildman–Crippen MR) is 63.3 cm³/mol. The van der Waals surface area contributed by atoms with E-state index in [0.29, 0.717) is 5.41 Å². The second-order valence-electron chi connectivity index (χ2n) is 5.08. The van der Waals surface area contributed by atoms with E-state index >= 15 is 0 Å². The van der Waals surface area contributed by atoms with Gasteiger partial charge in [0.15, 0.2) is 5.82 Å². The van der Waals surface area contributed by atoms with Crippen molar-refractivity contribution in [1.82, 2.24) is 19.6 Å². The minimum absolute atomic E-state index is 0.325. The molecule has 5 nitrogen and oxygen atoms in total. The van der Waals surface area contributed by atoms with Crippen molar-refractivity contribution in [3.05, 3.63) is 18.7 Å². The summed E-state index contributed by atoms with van der Waals surface area (Å²) in [5.74, 6) is 0.796. The van der Waals surface area contributed by atoms with Gasteiger partial charge >= 0.3 is 0 Å². The van der Waals surface area contributed by atoms with Crippen LogP contribution in [0, 0.1) is 5.41 Å². The second kappa shape index (κ2) is 4.08. The van der Waals surface area contributed by atoms with Crippen molar-refractivity contribution in [2.45, 2.75) is 27.2 Å². The molecular weight excluding hydrogens is 202 g/mol. The van der Waals surface area contributed by atoms with E-state index < -0.39 is 0 Å². The van der Waals surface area contributed by atoms with Crippen LogP contribution in [0.4, 0.5) is 5.82 Å². The fraction of sp³-hybridized carbons (Fsp3) is 0.545. The van der Waals surface area contributed by atoms with Gasteiger partial charge in [-0.3, -0.25) is 4.40 Å². The summed E-state index contributed by atoms with van der Waals surface area (Å²) in [5.41, 5.74) is 1.10. The van der Waals surface area contributed by atoms with Gasteiger partial charge in [0.25, 0.3) is 0 Å². The van der Waals surface area contributed by atoms with Crippen LogP contribution in [0.5, 0.6) is 0 Å². The molecule has 0 spiro atoms. The minimum atomic E-state index is 0.325. The molecule has 0 aliphatic rings. The minimum Gasteiger partial charge on any atom is -0.367 e. The summed E-state index contributed by atoms with van der Waals surface area (Å²) in [5, 5.41) is 11.2. The van der Waals surface area contributed by atoms with E-state index in [1.165, 1.54) is 0 Å². The Hall–Kier alpha value is -1.65. The average molecular weight is 219 g/mol. The quantitative estimate of drug-likeness (QED) is 0.857. The summed E-state index contributed by atoms with van der Waals surface area (Å²) in [4.78, 5) is 4.26. The number of nitrogens with one attached hydrogen (secondary N) is 1. The first kappa shape index (κ1) is 10.9. The van der Waals surface area contributed by atoms with Crippen molar-refractivity contribution < 1.29 is 0 Å². The topological polar surface area (TPSA) is 55.1 Å². The van der Waals surface area contributed by atoms with Crippen LogP contribution in [0.25, 0.3) is 5.65 Å². The number of aromatic nitrogens is 4. The molecule has 16 heavy (non-hydrogen) atoms. The lowest BCUT2D eigenvalue weighted by Crippen LogP contribution is -2.14. The molecule has 0 bridgehead atoms. The fourth-order valence-corrected chi connectivity index (χ4v) is 1.44. The SMILES string of the molecule is CC(C)(C)CCNc1nccn2cnnc12. The molecule has 0 aliphatic heterocycles. The summed E-state index contributed by atoms with van der Waals surface area (Å²) in [6.45, 7) is 7.56. The molecule has 0 saturated heterocycles. The third-order valence-electron chi connectivity index (χ3n) is 2.38. The summed E-state index contributed by atoms with van der Waals surface area (Å²) >= 11 is 0. The smallest absolute Gasteiger partial charge is 0.203 e. The Morgan fingerprint density at radius 1 is 1.38 bits per heavy atom. The van der Waals surface area contributed by atoms with Crippen LogP contribution >= 0.6 is 0 Å². The van der Waals surface area contributed by atoms with Crippen LogP contribution in [0.2, 0.25) is 0 Å². The summed E-state index contributed by atoms with van der Waals surface area (Å²) in [6, 6.07) is 0. The average Bonchev–Trinajstić information content (AvgIpc) is 2.64. The van der Waals surface area contributed by atoms with E-state index in [1.807, 2.05) is 10.6 Å². The van der Waals surface area contributed by atoms with Gasteiger partial charge < -0.3 is 5.32 Å². The third-order valence-corrected chi connectivity index (χ3v) is 2.38. The Morgan fingerprint density at radius 3 is 2.94 bits per heavy atom. The lowest BCUT2D eigenvalue weighted by molar-refractivity contribution is 0.389.